The van der Waals surface area contributed by atoms with Crippen LogP contribution in [-0.4, -0.2) is 21.9 Å². The maximum absolute atomic E-state index is 11.4. The van der Waals surface area contributed by atoms with Crippen molar-refractivity contribution in [1.82, 2.24) is 0 Å². The van der Waals surface area contributed by atoms with Crippen molar-refractivity contribution in [3.8, 4) is 0 Å². The molecule has 0 aromatic carbocycles. The van der Waals surface area contributed by atoms with Gasteiger partial charge in [-0.25, -0.2) is 0 Å². The molecule has 0 amide bonds. The van der Waals surface area contributed by atoms with Gasteiger partial charge in [0.1, 0.15) is 16.1 Å². The zero-order valence-electron chi connectivity index (χ0n) is 7.94. The van der Waals surface area contributed by atoms with Crippen molar-refractivity contribution in [2.24, 2.45) is 0 Å². The standard InChI is InChI=1S/C8H18O2Si/c1-4-5-6-7(9)8(2,3)10-11/h4-6H2,1-3,11H3. The van der Waals surface area contributed by atoms with Gasteiger partial charge in [0.25, 0.3) is 0 Å². The summed E-state index contributed by atoms with van der Waals surface area (Å²) in [5.74, 6) is 0.231. The summed E-state index contributed by atoms with van der Waals surface area (Å²) in [7, 11) is 0.633. The van der Waals surface area contributed by atoms with Crippen LogP contribution in [0.3, 0.4) is 0 Å². The number of hydrogen-bond acceptors (Lipinski definition) is 2. The van der Waals surface area contributed by atoms with Gasteiger partial charge < -0.3 is 4.43 Å². The van der Waals surface area contributed by atoms with E-state index in [0.717, 1.165) is 12.8 Å². The monoisotopic (exact) mass is 174 g/mol. The Labute approximate surface area is 71.9 Å². The third-order valence-electron chi connectivity index (χ3n) is 1.94. The van der Waals surface area contributed by atoms with Crippen molar-refractivity contribution < 1.29 is 9.22 Å². The molecule has 0 aromatic rings. The highest BCUT2D eigenvalue weighted by Crippen LogP contribution is 2.12. The van der Waals surface area contributed by atoms with Crippen LogP contribution in [-0.2, 0) is 9.22 Å². The van der Waals surface area contributed by atoms with E-state index in [-0.39, 0.29) is 5.78 Å². The van der Waals surface area contributed by atoms with Crippen LogP contribution in [0.1, 0.15) is 40.0 Å². The fourth-order valence-corrected chi connectivity index (χ4v) is 0.980. The second kappa shape index (κ2) is 4.67. The van der Waals surface area contributed by atoms with E-state index >= 15 is 0 Å². The number of rotatable bonds is 5. The Morgan fingerprint density at radius 2 is 2.09 bits per heavy atom. The topological polar surface area (TPSA) is 26.3 Å². The molecule has 0 saturated carbocycles. The highest BCUT2D eigenvalue weighted by Gasteiger charge is 2.24. The van der Waals surface area contributed by atoms with Crippen molar-refractivity contribution in [1.29, 1.82) is 0 Å². The summed E-state index contributed by atoms with van der Waals surface area (Å²) >= 11 is 0. The Hall–Kier alpha value is -0.153. The molecule has 0 aliphatic heterocycles. The number of unbranched alkanes of at least 4 members (excludes halogenated alkanes) is 1. The molecule has 0 fully saturated rings. The molecule has 0 saturated heterocycles. The lowest BCUT2D eigenvalue weighted by molar-refractivity contribution is -0.131. The Bertz CT molecular complexity index is 132. The molecule has 0 aliphatic carbocycles. The largest absolute Gasteiger partial charge is 0.416 e. The summed E-state index contributed by atoms with van der Waals surface area (Å²) in [6.07, 6.45) is 2.71. The van der Waals surface area contributed by atoms with E-state index in [1.54, 1.807) is 0 Å². The van der Waals surface area contributed by atoms with Gasteiger partial charge in [-0.1, -0.05) is 13.3 Å². The molecule has 0 heterocycles. The van der Waals surface area contributed by atoms with Gasteiger partial charge >= 0.3 is 0 Å². The van der Waals surface area contributed by atoms with Gasteiger partial charge in [0.05, 0.1) is 0 Å². The first kappa shape index (κ1) is 10.8. The number of ketones is 1. The van der Waals surface area contributed by atoms with Gasteiger partial charge in [0.15, 0.2) is 5.78 Å². The molecule has 0 radical (unpaired) electrons. The van der Waals surface area contributed by atoms with Crippen LogP contribution in [0.25, 0.3) is 0 Å². The molecule has 0 spiro atoms. The first-order chi connectivity index (χ1) is 5.04. The Kier molecular flexibility index (Phi) is 4.60. The van der Waals surface area contributed by atoms with Gasteiger partial charge in [-0.05, 0) is 20.3 Å². The lowest BCUT2D eigenvalue weighted by Crippen LogP contribution is -2.33. The molecule has 0 atom stereocenters. The first-order valence-electron chi connectivity index (χ1n) is 4.13. The molecule has 0 N–H and O–H groups in total. The Morgan fingerprint density at radius 1 is 1.55 bits per heavy atom. The Balaban J connectivity index is 3.82. The van der Waals surface area contributed by atoms with Crippen molar-refractivity contribution >= 4 is 16.3 Å². The second-order valence-corrected chi connectivity index (χ2v) is 3.65. The van der Waals surface area contributed by atoms with Crippen LogP contribution in [0.4, 0.5) is 0 Å². The minimum atomic E-state index is -0.526. The molecule has 0 rings (SSSR count). The summed E-state index contributed by atoms with van der Waals surface area (Å²) in [5.41, 5.74) is -0.526. The third kappa shape index (κ3) is 3.67. The van der Waals surface area contributed by atoms with E-state index in [4.69, 9.17) is 4.43 Å². The number of Topliss-reactive ketones (excluding diaryl/α,β-unsaturated/α-hetero) is 1. The third-order valence-corrected chi connectivity index (χ3v) is 2.96. The van der Waals surface area contributed by atoms with Gasteiger partial charge in [-0.15, -0.1) is 0 Å². The normalized spacial score (nSPS) is 11.9. The molecule has 11 heavy (non-hydrogen) atoms. The summed E-state index contributed by atoms with van der Waals surface area (Å²) in [6, 6.07) is 0. The predicted molar refractivity (Wildman–Crippen MR) is 49.6 cm³/mol. The van der Waals surface area contributed by atoms with Crippen LogP contribution < -0.4 is 0 Å². The minimum Gasteiger partial charge on any atom is -0.416 e. The van der Waals surface area contributed by atoms with E-state index in [1.807, 2.05) is 13.8 Å². The van der Waals surface area contributed by atoms with Crippen LogP contribution in [0.15, 0.2) is 0 Å². The van der Waals surface area contributed by atoms with Gasteiger partial charge in [0.2, 0.25) is 0 Å². The van der Waals surface area contributed by atoms with Crippen LogP contribution in [0.5, 0.6) is 0 Å². The average Bonchev–Trinajstić information content (AvgIpc) is 2.00. The zero-order chi connectivity index (χ0) is 8.91. The zero-order valence-corrected chi connectivity index (χ0v) is 9.94. The average molecular weight is 174 g/mol. The van der Waals surface area contributed by atoms with Crippen LogP contribution in [0, 0.1) is 0 Å². The first-order valence-corrected chi connectivity index (χ1v) is 4.94. The molecule has 3 heteroatoms. The second-order valence-electron chi connectivity index (χ2n) is 3.24. The van der Waals surface area contributed by atoms with E-state index < -0.39 is 5.60 Å². The van der Waals surface area contributed by atoms with Crippen LogP contribution in [0.2, 0.25) is 0 Å². The highest BCUT2D eigenvalue weighted by atomic mass is 28.2. The summed E-state index contributed by atoms with van der Waals surface area (Å²) in [4.78, 5) is 11.4. The van der Waals surface area contributed by atoms with E-state index in [2.05, 4.69) is 6.92 Å². The quantitative estimate of drug-likeness (QED) is 0.577. The molecule has 0 unspecified atom stereocenters. The van der Waals surface area contributed by atoms with E-state index in [1.165, 1.54) is 0 Å². The van der Waals surface area contributed by atoms with E-state index in [0.29, 0.717) is 16.9 Å². The van der Waals surface area contributed by atoms with Gasteiger partial charge in [0, 0.05) is 6.42 Å². The SMILES string of the molecule is CCCCC(=O)C(C)(C)O[SiH3]. The van der Waals surface area contributed by atoms with Gasteiger partial charge in [-0.2, -0.15) is 0 Å². The lowest BCUT2D eigenvalue weighted by Gasteiger charge is -2.21. The van der Waals surface area contributed by atoms with Gasteiger partial charge in [-0.3, -0.25) is 4.79 Å². The van der Waals surface area contributed by atoms with E-state index in [9.17, 15) is 4.79 Å². The molecular formula is C8H18O2Si. The molecule has 66 valence electrons. The predicted octanol–water partition coefficient (Wildman–Crippen LogP) is 0.821. The fraction of sp³-hybridized carbons (Fsp3) is 0.875. The van der Waals surface area contributed by atoms with Crippen molar-refractivity contribution in [2.75, 3.05) is 0 Å². The number of carbonyl (C=O) groups is 1. The van der Waals surface area contributed by atoms with Crippen molar-refractivity contribution in [3.05, 3.63) is 0 Å². The van der Waals surface area contributed by atoms with Crippen molar-refractivity contribution in [3.63, 3.8) is 0 Å². The number of carbonyl (C=O) groups excluding carboxylic acids is 1. The lowest BCUT2D eigenvalue weighted by atomic mass is 9.99. The fourth-order valence-electron chi connectivity index (χ4n) is 0.752. The van der Waals surface area contributed by atoms with Crippen molar-refractivity contribution in [2.45, 2.75) is 45.6 Å². The Morgan fingerprint density at radius 3 is 2.45 bits per heavy atom. The minimum absolute atomic E-state index is 0.231. The summed E-state index contributed by atoms with van der Waals surface area (Å²) < 4.78 is 5.19. The molecular weight excluding hydrogens is 156 g/mol. The smallest absolute Gasteiger partial charge is 0.162 e. The summed E-state index contributed by atoms with van der Waals surface area (Å²) in [6.45, 7) is 5.78. The maximum Gasteiger partial charge on any atom is 0.162 e. The number of hydrogen-bond donors (Lipinski definition) is 0. The molecule has 0 aromatic heterocycles. The maximum atomic E-state index is 11.4. The molecule has 2 nitrogen and oxygen atoms in total. The van der Waals surface area contributed by atoms with Crippen LogP contribution >= 0.6 is 0 Å². The highest BCUT2D eigenvalue weighted by molar-refractivity contribution is 6.01. The molecule has 0 aliphatic rings. The summed E-state index contributed by atoms with van der Waals surface area (Å²) in [5, 5.41) is 0. The molecule has 0 bridgehead atoms.